The van der Waals surface area contributed by atoms with E-state index in [-0.39, 0.29) is 18.0 Å². The van der Waals surface area contributed by atoms with Crippen LogP contribution in [0.3, 0.4) is 0 Å². The van der Waals surface area contributed by atoms with Crippen molar-refractivity contribution < 1.29 is 4.79 Å². The number of hydrogen-bond acceptors (Lipinski definition) is 4. The third kappa shape index (κ3) is 3.23. The topological polar surface area (TPSA) is 73.1 Å². The number of fused-ring (bicyclic) bond motifs is 2. The van der Waals surface area contributed by atoms with Gasteiger partial charge in [0.15, 0.2) is 0 Å². The fourth-order valence-corrected chi connectivity index (χ4v) is 4.54. The molecule has 2 heterocycles. The second-order valence-electron chi connectivity index (χ2n) is 6.85. The van der Waals surface area contributed by atoms with E-state index < -0.39 is 5.69 Å². The zero-order valence-corrected chi connectivity index (χ0v) is 16.0. The van der Waals surface area contributed by atoms with Crippen LogP contribution in [0.15, 0.2) is 39.2 Å². The number of aryl methyl sites for hydroxylation is 2. The van der Waals surface area contributed by atoms with Crippen molar-refractivity contribution in [2.24, 2.45) is 0 Å². The Labute approximate surface area is 160 Å². The van der Waals surface area contributed by atoms with E-state index in [1.165, 1.54) is 31.6 Å². The van der Waals surface area contributed by atoms with E-state index in [9.17, 15) is 14.4 Å². The standard InChI is InChI=1S/C20H21N3O3S/c1-2-9-22-19(25)18-16(8-10-27-18)23(20(22)26)12-17(24)21-15-7-6-13-4-3-5-14(13)11-15/h6-8,10-11H,2-5,9,12H2,1H3,(H,21,24). The number of carbonyl (C=O) groups excluding carboxylic acids is 1. The van der Waals surface area contributed by atoms with E-state index >= 15 is 0 Å². The molecule has 0 atom stereocenters. The molecule has 7 heteroatoms. The van der Waals surface area contributed by atoms with Gasteiger partial charge >= 0.3 is 5.69 Å². The van der Waals surface area contributed by atoms with Gasteiger partial charge in [-0.2, -0.15) is 0 Å². The molecule has 0 unspecified atom stereocenters. The Morgan fingerprint density at radius 1 is 1.15 bits per heavy atom. The molecule has 140 valence electrons. The molecule has 0 saturated heterocycles. The van der Waals surface area contributed by atoms with Gasteiger partial charge in [0.25, 0.3) is 5.56 Å². The average molecular weight is 383 g/mol. The van der Waals surface area contributed by atoms with Crippen LogP contribution >= 0.6 is 11.3 Å². The second kappa shape index (κ2) is 7.15. The van der Waals surface area contributed by atoms with Gasteiger partial charge in [0, 0.05) is 12.2 Å². The van der Waals surface area contributed by atoms with Crippen molar-refractivity contribution in [2.75, 3.05) is 5.32 Å². The molecule has 2 aromatic heterocycles. The van der Waals surface area contributed by atoms with Crippen LogP contribution in [-0.4, -0.2) is 15.0 Å². The minimum absolute atomic E-state index is 0.118. The smallest absolute Gasteiger partial charge is 0.325 e. The third-order valence-electron chi connectivity index (χ3n) is 4.97. The van der Waals surface area contributed by atoms with Gasteiger partial charge in [-0.1, -0.05) is 13.0 Å². The molecule has 1 aromatic carbocycles. The molecule has 1 N–H and O–H groups in total. The maximum absolute atomic E-state index is 12.8. The van der Waals surface area contributed by atoms with Crippen molar-refractivity contribution in [3.63, 3.8) is 0 Å². The summed E-state index contributed by atoms with van der Waals surface area (Å²) in [4.78, 5) is 37.9. The quantitative estimate of drug-likeness (QED) is 0.736. The Bertz CT molecular complexity index is 1140. The van der Waals surface area contributed by atoms with Crippen LogP contribution in [0.1, 0.15) is 30.9 Å². The van der Waals surface area contributed by atoms with Crippen molar-refractivity contribution in [2.45, 2.75) is 45.7 Å². The summed E-state index contributed by atoms with van der Waals surface area (Å²) in [5, 5.41) is 4.66. The summed E-state index contributed by atoms with van der Waals surface area (Å²) in [7, 11) is 0. The van der Waals surface area contributed by atoms with Gasteiger partial charge in [-0.25, -0.2) is 4.79 Å². The van der Waals surface area contributed by atoms with Crippen molar-refractivity contribution >= 4 is 33.1 Å². The number of amides is 1. The molecule has 0 bridgehead atoms. The summed E-state index contributed by atoms with van der Waals surface area (Å²) >= 11 is 1.30. The molecule has 6 nitrogen and oxygen atoms in total. The molecule has 27 heavy (non-hydrogen) atoms. The Balaban J connectivity index is 1.65. The lowest BCUT2D eigenvalue weighted by Crippen LogP contribution is -2.41. The van der Waals surface area contributed by atoms with Gasteiger partial charge in [-0.05, 0) is 60.4 Å². The van der Waals surface area contributed by atoms with Gasteiger partial charge in [0.1, 0.15) is 11.2 Å². The Kier molecular flexibility index (Phi) is 4.70. The lowest BCUT2D eigenvalue weighted by Gasteiger charge is -2.12. The first-order valence-electron chi connectivity index (χ1n) is 9.21. The van der Waals surface area contributed by atoms with E-state index in [4.69, 9.17) is 0 Å². The van der Waals surface area contributed by atoms with Crippen LogP contribution in [0.5, 0.6) is 0 Å². The zero-order chi connectivity index (χ0) is 19.0. The molecule has 0 aliphatic heterocycles. The molecule has 3 aromatic rings. The van der Waals surface area contributed by atoms with Crippen LogP contribution in [0, 0.1) is 0 Å². The average Bonchev–Trinajstić information content (AvgIpc) is 3.31. The Hall–Kier alpha value is -2.67. The monoisotopic (exact) mass is 383 g/mol. The van der Waals surface area contributed by atoms with Gasteiger partial charge in [0.05, 0.1) is 5.52 Å². The maximum atomic E-state index is 12.8. The molecule has 4 rings (SSSR count). The van der Waals surface area contributed by atoms with Crippen LogP contribution in [0.2, 0.25) is 0 Å². The molecular weight excluding hydrogens is 362 g/mol. The number of anilines is 1. The highest BCUT2D eigenvalue weighted by Gasteiger charge is 2.17. The molecule has 0 spiro atoms. The number of hydrogen-bond donors (Lipinski definition) is 1. The largest absolute Gasteiger partial charge is 0.332 e. The van der Waals surface area contributed by atoms with E-state index in [2.05, 4.69) is 11.4 Å². The molecule has 0 saturated carbocycles. The molecule has 1 amide bonds. The molecular formula is C20H21N3O3S. The molecule has 0 fully saturated rings. The van der Waals surface area contributed by atoms with Crippen LogP contribution in [0.4, 0.5) is 5.69 Å². The fourth-order valence-electron chi connectivity index (χ4n) is 3.70. The maximum Gasteiger partial charge on any atom is 0.332 e. The zero-order valence-electron chi connectivity index (χ0n) is 15.2. The van der Waals surface area contributed by atoms with Crippen LogP contribution < -0.4 is 16.6 Å². The predicted octanol–water partition coefficient (Wildman–Crippen LogP) is 2.76. The van der Waals surface area contributed by atoms with E-state index in [1.807, 2.05) is 19.1 Å². The number of rotatable bonds is 5. The first-order valence-corrected chi connectivity index (χ1v) is 10.1. The lowest BCUT2D eigenvalue weighted by atomic mass is 10.1. The SMILES string of the molecule is CCCn1c(=O)c2sccc2n(CC(=O)Nc2ccc3c(c2)CCC3)c1=O. The van der Waals surface area contributed by atoms with Crippen molar-refractivity contribution in [3.8, 4) is 0 Å². The number of thiophene rings is 1. The summed E-state index contributed by atoms with van der Waals surface area (Å²) in [5.74, 6) is -0.274. The van der Waals surface area contributed by atoms with Crippen molar-refractivity contribution in [1.82, 2.24) is 9.13 Å². The highest BCUT2D eigenvalue weighted by atomic mass is 32.1. The number of nitrogens with zero attached hydrogens (tertiary/aromatic N) is 2. The van der Waals surface area contributed by atoms with Crippen LogP contribution in [-0.2, 0) is 30.7 Å². The van der Waals surface area contributed by atoms with Gasteiger partial charge < -0.3 is 5.32 Å². The first-order chi connectivity index (χ1) is 13.1. The number of nitrogens with one attached hydrogen (secondary N) is 1. The number of carbonyl (C=O) groups is 1. The highest BCUT2D eigenvalue weighted by molar-refractivity contribution is 7.17. The third-order valence-corrected chi connectivity index (χ3v) is 5.86. The molecule has 1 aliphatic carbocycles. The normalized spacial score (nSPS) is 13.1. The van der Waals surface area contributed by atoms with E-state index in [1.54, 1.807) is 11.4 Å². The fraction of sp³-hybridized carbons (Fsp3) is 0.350. The van der Waals surface area contributed by atoms with E-state index in [0.29, 0.717) is 23.2 Å². The summed E-state index contributed by atoms with van der Waals surface area (Å²) in [6.45, 7) is 2.14. The molecule has 0 radical (unpaired) electrons. The van der Waals surface area contributed by atoms with Gasteiger partial charge in [-0.15, -0.1) is 11.3 Å². The predicted molar refractivity (Wildman–Crippen MR) is 108 cm³/mol. The molecule has 1 aliphatic rings. The lowest BCUT2D eigenvalue weighted by molar-refractivity contribution is -0.116. The first kappa shape index (κ1) is 17.7. The highest BCUT2D eigenvalue weighted by Crippen LogP contribution is 2.25. The van der Waals surface area contributed by atoms with Crippen molar-refractivity contribution in [1.29, 1.82) is 0 Å². The number of aromatic nitrogens is 2. The summed E-state index contributed by atoms with van der Waals surface area (Å²) in [6.07, 6.45) is 3.95. The summed E-state index contributed by atoms with van der Waals surface area (Å²) in [5.41, 5.74) is 3.18. The summed E-state index contributed by atoms with van der Waals surface area (Å²) < 4.78 is 3.13. The summed E-state index contributed by atoms with van der Waals surface area (Å²) in [6, 6.07) is 7.70. The number of benzene rings is 1. The van der Waals surface area contributed by atoms with Gasteiger partial charge in [0.2, 0.25) is 5.91 Å². The Morgan fingerprint density at radius 2 is 1.96 bits per heavy atom. The van der Waals surface area contributed by atoms with Gasteiger partial charge in [-0.3, -0.25) is 18.7 Å². The Morgan fingerprint density at radius 3 is 2.78 bits per heavy atom. The van der Waals surface area contributed by atoms with Crippen LogP contribution in [0.25, 0.3) is 10.2 Å². The second-order valence-corrected chi connectivity index (χ2v) is 7.76. The minimum atomic E-state index is -0.433. The van der Waals surface area contributed by atoms with E-state index in [0.717, 1.165) is 24.9 Å². The minimum Gasteiger partial charge on any atom is -0.325 e. The van der Waals surface area contributed by atoms with Crippen molar-refractivity contribution in [3.05, 3.63) is 61.6 Å².